The maximum Gasteiger partial charge on any atom is 0.421 e. The highest BCUT2D eigenvalue weighted by Crippen LogP contribution is 2.18. The lowest BCUT2D eigenvalue weighted by molar-refractivity contribution is 0.110. The molecule has 1 aromatic carbocycles. The number of piperazine rings is 1. The number of aromatic nitrogens is 1. The molecule has 2 aromatic rings. The summed E-state index contributed by atoms with van der Waals surface area (Å²) >= 11 is 5.92. The van der Waals surface area contributed by atoms with E-state index >= 15 is 0 Å². The average Bonchev–Trinajstić information content (AvgIpc) is 2.75. The SMILES string of the molecule is CCN1CCN(Cn2c(=O)oc3cc(Cl)ccc32)CC1. The van der Waals surface area contributed by atoms with E-state index in [9.17, 15) is 4.79 Å². The Hall–Kier alpha value is -1.30. The number of fused-ring (bicyclic) bond motifs is 1. The largest absolute Gasteiger partial charge is 0.421 e. The molecule has 3 rings (SSSR count). The summed E-state index contributed by atoms with van der Waals surface area (Å²) in [6, 6.07) is 5.30. The molecule has 0 spiro atoms. The number of likely N-dealkylation sites (N-methyl/N-ethyl adjacent to an activating group) is 1. The summed E-state index contributed by atoms with van der Waals surface area (Å²) in [7, 11) is 0. The third-order valence-electron chi connectivity index (χ3n) is 3.88. The second-order valence-corrected chi connectivity index (χ2v) is 5.54. The highest BCUT2D eigenvalue weighted by atomic mass is 35.5. The number of hydrogen-bond donors (Lipinski definition) is 0. The monoisotopic (exact) mass is 295 g/mol. The Balaban J connectivity index is 1.81. The van der Waals surface area contributed by atoms with Gasteiger partial charge in [0.2, 0.25) is 0 Å². The van der Waals surface area contributed by atoms with Crippen molar-refractivity contribution in [3.8, 4) is 0 Å². The van der Waals surface area contributed by atoms with Crippen LogP contribution >= 0.6 is 11.6 Å². The molecule has 20 heavy (non-hydrogen) atoms. The lowest BCUT2D eigenvalue weighted by Gasteiger charge is -2.33. The predicted molar refractivity (Wildman–Crippen MR) is 79.2 cm³/mol. The van der Waals surface area contributed by atoms with E-state index in [0.717, 1.165) is 38.2 Å². The fourth-order valence-corrected chi connectivity index (χ4v) is 2.78. The van der Waals surface area contributed by atoms with Crippen LogP contribution in [0.4, 0.5) is 0 Å². The van der Waals surface area contributed by atoms with Crippen LogP contribution < -0.4 is 5.76 Å². The lowest BCUT2D eigenvalue weighted by Crippen LogP contribution is -2.47. The first-order valence-electron chi connectivity index (χ1n) is 6.91. The van der Waals surface area contributed by atoms with Crippen LogP contribution in [0.5, 0.6) is 0 Å². The average molecular weight is 296 g/mol. The van der Waals surface area contributed by atoms with Gasteiger partial charge in [-0.25, -0.2) is 4.79 Å². The Bertz CT molecular complexity index is 656. The number of hydrogen-bond acceptors (Lipinski definition) is 4. The molecule has 1 fully saturated rings. The van der Waals surface area contributed by atoms with Crippen LogP contribution in [0, 0.1) is 0 Å². The first kappa shape index (κ1) is 13.7. The zero-order valence-corrected chi connectivity index (χ0v) is 12.3. The van der Waals surface area contributed by atoms with Gasteiger partial charge in [-0.05, 0) is 18.7 Å². The zero-order valence-electron chi connectivity index (χ0n) is 11.5. The molecule has 0 N–H and O–H groups in total. The molecule has 0 bridgehead atoms. The summed E-state index contributed by atoms with van der Waals surface area (Å²) in [5.74, 6) is -0.319. The number of nitrogens with zero attached hydrogens (tertiary/aromatic N) is 3. The molecule has 0 amide bonds. The highest BCUT2D eigenvalue weighted by molar-refractivity contribution is 6.31. The molecule has 1 aromatic heterocycles. The second kappa shape index (κ2) is 5.60. The Morgan fingerprint density at radius 3 is 2.60 bits per heavy atom. The summed E-state index contributed by atoms with van der Waals surface area (Å²) in [5.41, 5.74) is 1.35. The highest BCUT2D eigenvalue weighted by Gasteiger charge is 2.18. The first-order valence-corrected chi connectivity index (χ1v) is 7.29. The lowest BCUT2D eigenvalue weighted by atomic mass is 10.3. The summed E-state index contributed by atoms with van der Waals surface area (Å²) in [6.45, 7) is 7.88. The predicted octanol–water partition coefficient (Wildman–Crippen LogP) is 1.84. The van der Waals surface area contributed by atoms with Crippen LogP contribution in [0.25, 0.3) is 11.1 Å². The quantitative estimate of drug-likeness (QED) is 0.866. The molecule has 5 nitrogen and oxygen atoms in total. The van der Waals surface area contributed by atoms with Gasteiger partial charge in [0.15, 0.2) is 5.58 Å². The van der Waals surface area contributed by atoms with Crippen molar-refractivity contribution >= 4 is 22.7 Å². The Labute approximate surface area is 122 Å². The van der Waals surface area contributed by atoms with Crippen LogP contribution in [0.1, 0.15) is 6.92 Å². The maximum absolute atomic E-state index is 12.0. The molecule has 0 atom stereocenters. The molecular weight excluding hydrogens is 278 g/mol. The van der Waals surface area contributed by atoms with Crippen molar-refractivity contribution in [2.45, 2.75) is 13.6 Å². The molecule has 2 heterocycles. The molecule has 1 aliphatic heterocycles. The number of benzene rings is 1. The molecular formula is C14H18ClN3O2. The van der Waals surface area contributed by atoms with Gasteiger partial charge in [-0.2, -0.15) is 0 Å². The number of halogens is 1. The van der Waals surface area contributed by atoms with E-state index in [1.807, 2.05) is 6.07 Å². The summed E-state index contributed by atoms with van der Waals surface area (Å²) in [4.78, 5) is 16.6. The van der Waals surface area contributed by atoms with Gasteiger partial charge in [0.1, 0.15) is 0 Å². The Morgan fingerprint density at radius 2 is 1.90 bits per heavy atom. The van der Waals surface area contributed by atoms with E-state index in [2.05, 4.69) is 16.7 Å². The van der Waals surface area contributed by atoms with Gasteiger partial charge in [0.05, 0.1) is 12.2 Å². The van der Waals surface area contributed by atoms with Crippen molar-refractivity contribution < 1.29 is 4.42 Å². The molecule has 0 saturated carbocycles. The van der Waals surface area contributed by atoms with Crippen LogP contribution in [0.2, 0.25) is 5.02 Å². The minimum Gasteiger partial charge on any atom is -0.408 e. The van der Waals surface area contributed by atoms with Crippen LogP contribution in [0.15, 0.2) is 27.4 Å². The van der Waals surface area contributed by atoms with E-state index in [1.165, 1.54) is 0 Å². The normalized spacial score (nSPS) is 17.9. The smallest absolute Gasteiger partial charge is 0.408 e. The molecule has 0 aliphatic carbocycles. The van der Waals surface area contributed by atoms with Gasteiger partial charge in [-0.15, -0.1) is 0 Å². The molecule has 6 heteroatoms. The molecule has 0 radical (unpaired) electrons. The fraction of sp³-hybridized carbons (Fsp3) is 0.500. The van der Waals surface area contributed by atoms with E-state index in [0.29, 0.717) is 17.3 Å². The minimum absolute atomic E-state index is 0.319. The Morgan fingerprint density at radius 1 is 1.20 bits per heavy atom. The first-order chi connectivity index (χ1) is 9.67. The number of oxazole rings is 1. The fourth-order valence-electron chi connectivity index (χ4n) is 2.62. The summed E-state index contributed by atoms with van der Waals surface area (Å²) in [6.07, 6.45) is 0. The van der Waals surface area contributed by atoms with Gasteiger partial charge in [0, 0.05) is 37.3 Å². The van der Waals surface area contributed by atoms with Gasteiger partial charge in [-0.1, -0.05) is 18.5 Å². The Kier molecular flexibility index (Phi) is 3.83. The second-order valence-electron chi connectivity index (χ2n) is 5.10. The van der Waals surface area contributed by atoms with Gasteiger partial charge < -0.3 is 9.32 Å². The summed E-state index contributed by atoms with van der Waals surface area (Å²) < 4.78 is 6.92. The number of rotatable bonds is 3. The zero-order chi connectivity index (χ0) is 14.1. The van der Waals surface area contributed by atoms with Crippen molar-refractivity contribution in [3.05, 3.63) is 33.8 Å². The molecule has 0 unspecified atom stereocenters. The van der Waals surface area contributed by atoms with Gasteiger partial charge in [-0.3, -0.25) is 9.47 Å². The topological polar surface area (TPSA) is 41.6 Å². The maximum atomic E-state index is 12.0. The van der Waals surface area contributed by atoms with E-state index in [4.69, 9.17) is 16.0 Å². The van der Waals surface area contributed by atoms with Crippen molar-refractivity contribution in [3.63, 3.8) is 0 Å². The van der Waals surface area contributed by atoms with E-state index in [-0.39, 0.29) is 5.76 Å². The molecule has 1 aliphatic rings. The van der Waals surface area contributed by atoms with Crippen LogP contribution in [-0.2, 0) is 6.67 Å². The molecule has 1 saturated heterocycles. The van der Waals surface area contributed by atoms with Crippen molar-refractivity contribution in [2.24, 2.45) is 0 Å². The van der Waals surface area contributed by atoms with E-state index < -0.39 is 0 Å². The van der Waals surface area contributed by atoms with Crippen molar-refractivity contribution in [2.75, 3.05) is 32.7 Å². The third-order valence-corrected chi connectivity index (χ3v) is 4.12. The van der Waals surface area contributed by atoms with Gasteiger partial charge in [0.25, 0.3) is 0 Å². The van der Waals surface area contributed by atoms with Gasteiger partial charge >= 0.3 is 5.76 Å². The van der Waals surface area contributed by atoms with Crippen molar-refractivity contribution in [1.82, 2.24) is 14.4 Å². The van der Waals surface area contributed by atoms with Crippen LogP contribution in [-0.4, -0.2) is 47.1 Å². The van der Waals surface area contributed by atoms with E-state index in [1.54, 1.807) is 16.7 Å². The minimum atomic E-state index is -0.319. The molecule has 108 valence electrons. The summed E-state index contributed by atoms with van der Waals surface area (Å²) in [5, 5.41) is 0.579. The standard InChI is InChI=1S/C14H18ClN3O2/c1-2-16-5-7-17(8-6-16)10-18-12-4-3-11(15)9-13(12)20-14(18)19/h3-4,9H,2,5-8,10H2,1H3. The third kappa shape index (κ3) is 2.61. The van der Waals surface area contributed by atoms with Crippen molar-refractivity contribution in [1.29, 1.82) is 0 Å². The van der Waals surface area contributed by atoms with Crippen LogP contribution in [0.3, 0.4) is 0 Å².